The Balaban J connectivity index is 1.57. The van der Waals surface area contributed by atoms with Crippen LogP contribution in [0.5, 0.6) is 11.5 Å². The van der Waals surface area contributed by atoms with Crippen LogP contribution < -0.4 is 9.47 Å². The molecule has 0 aliphatic carbocycles. The standard InChI is InChI=1S/C38H44N2O4/c1-3-5-25-43-35-21-13-19-33(27-35)37(41)39(29-31-15-9-7-10-16-31)23-24-40(30-32-17-11-8-12-18-32)38(42)34-20-14-22-36(28-34)44-26-6-4-2/h7-22,27-28H,3-6,23-26,29-30H2,1-2H3. The molecule has 6 nitrogen and oxygen atoms in total. The molecule has 0 radical (unpaired) electrons. The molecule has 0 atom stereocenters. The van der Waals surface area contributed by atoms with E-state index in [1.807, 2.05) is 119 Å². The summed E-state index contributed by atoms with van der Waals surface area (Å²) in [7, 11) is 0. The number of carbonyl (C=O) groups is 2. The van der Waals surface area contributed by atoms with Crippen molar-refractivity contribution in [1.29, 1.82) is 0 Å². The Morgan fingerprint density at radius 2 is 0.955 bits per heavy atom. The van der Waals surface area contributed by atoms with Gasteiger partial charge in [-0.05, 0) is 60.4 Å². The van der Waals surface area contributed by atoms with Gasteiger partial charge in [0.25, 0.3) is 11.8 Å². The van der Waals surface area contributed by atoms with Gasteiger partial charge in [0.2, 0.25) is 0 Å². The van der Waals surface area contributed by atoms with E-state index in [0.717, 1.165) is 36.8 Å². The van der Waals surface area contributed by atoms with Crippen molar-refractivity contribution in [2.45, 2.75) is 52.6 Å². The fourth-order valence-corrected chi connectivity index (χ4v) is 4.83. The third-order valence-electron chi connectivity index (χ3n) is 7.34. The van der Waals surface area contributed by atoms with Crippen LogP contribution in [0, 0.1) is 0 Å². The number of amides is 2. The Labute approximate surface area is 262 Å². The minimum absolute atomic E-state index is 0.103. The van der Waals surface area contributed by atoms with Gasteiger partial charge in [0.05, 0.1) is 13.2 Å². The zero-order chi connectivity index (χ0) is 31.0. The third kappa shape index (κ3) is 10.0. The Bertz CT molecular complexity index is 1330. The topological polar surface area (TPSA) is 59.1 Å². The molecule has 0 fully saturated rings. The molecule has 0 aliphatic rings. The lowest BCUT2D eigenvalue weighted by molar-refractivity contribution is 0.0644. The Morgan fingerprint density at radius 3 is 1.34 bits per heavy atom. The Kier molecular flexibility index (Phi) is 12.9. The summed E-state index contributed by atoms with van der Waals surface area (Å²) in [6, 6.07) is 34.6. The van der Waals surface area contributed by atoms with Crippen molar-refractivity contribution in [3.8, 4) is 11.5 Å². The highest BCUT2D eigenvalue weighted by atomic mass is 16.5. The molecule has 4 rings (SSSR count). The fraction of sp³-hybridized carbons (Fsp3) is 0.316. The van der Waals surface area contributed by atoms with E-state index in [2.05, 4.69) is 13.8 Å². The highest BCUT2D eigenvalue weighted by Gasteiger charge is 2.22. The van der Waals surface area contributed by atoms with Gasteiger partial charge in [0, 0.05) is 37.3 Å². The minimum Gasteiger partial charge on any atom is -0.494 e. The number of nitrogens with zero attached hydrogens (tertiary/aromatic N) is 2. The van der Waals surface area contributed by atoms with Crippen molar-refractivity contribution in [3.05, 3.63) is 131 Å². The summed E-state index contributed by atoms with van der Waals surface area (Å²) < 4.78 is 11.8. The molecule has 0 N–H and O–H groups in total. The van der Waals surface area contributed by atoms with Crippen molar-refractivity contribution in [1.82, 2.24) is 9.80 Å². The summed E-state index contributed by atoms with van der Waals surface area (Å²) >= 11 is 0. The Morgan fingerprint density at radius 1 is 0.545 bits per heavy atom. The number of carbonyl (C=O) groups excluding carboxylic acids is 2. The molecule has 230 valence electrons. The van der Waals surface area contributed by atoms with Gasteiger partial charge < -0.3 is 19.3 Å². The van der Waals surface area contributed by atoms with Crippen LogP contribution in [0.4, 0.5) is 0 Å². The predicted molar refractivity (Wildman–Crippen MR) is 176 cm³/mol. The summed E-state index contributed by atoms with van der Waals surface area (Å²) in [5.74, 6) is 1.17. The average molecular weight is 593 g/mol. The van der Waals surface area contributed by atoms with Gasteiger partial charge in [-0.1, -0.05) is 99.5 Å². The van der Waals surface area contributed by atoms with Crippen molar-refractivity contribution >= 4 is 11.8 Å². The average Bonchev–Trinajstić information content (AvgIpc) is 3.07. The first kappa shape index (κ1) is 32.3. The SMILES string of the molecule is CCCCOc1cccc(C(=O)N(CCN(Cc2ccccc2)C(=O)c2cccc(OCCCC)c2)Cc2ccccc2)c1. The number of ether oxygens (including phenoxy) is 2. The number of hydrogen-bond acceptors (Lipinski definition) is 4. The number of hydrogen-bond donors (Lipinski definition) is 0. The van der Waals surface area contributed by atoms with Crippen LogP contribution in [0.1, 0.15) is 71.4 Å². The van der Waals surface area contributed by atoms with Crippen molar-refractivity contribution in [3.63, 3.8) is 0 Å². The maximum atomic E-state index is 14.0. The zero-order valence-electron chi connectivity index (χ0n) is 26.0. The second-order valence-corrected chi connectivity index (χ2v) is 10.9. The molecule has 0 bridgehead atoms. The highest BCUT2D eigenvalue weighted by molar-refractivity contribution is 5.95. The van der Waals surface area contributed by atoms with Gasteiger partial charge >= 0.3 is 0 Å². The predicted octanol–water partition coefficient (Wildman–Crippen LogP) is 8.03. The van der Waals surface area contributed by atoms with E-state index >= 15 is 0 Å². The Hall–Kier alpha value is -4.58. The molecule has 44 heavy (non-hydrogen) atoms. The molecule has 4 aromatic carbocycles. The second-order valence-electron chi connectivity index (χ2n) is 10.9. The van der Waals surface area contributed by atoms with E-state index in [0.29, 0.717) is 62.0 Å². The van der Waals surface area contributed by atoms with Crippen LogP contribution in [0.3, 0.4) is 0 Å². The van der Waals surface area contributed by atoms with Gasteiger partial charge in [0.15, 0.2) is 0 Å². The lowest BCUT2D eigenvalue weighted by Crippen LogP contribution is -2.40. The quantitative estimate of drug-likeness (QED) is 0.117. The van der Waals surface area contributed by atoms with E-state index in [4.69, 9.17) is 9.47 Å². The van der Waals surface area contributed by atoms with Crippen LogP contribution in [0.15, 0.2) is 109 Å². The molecule has 0 aromatic heterocycles. The molecule has 6 heteroatoms. The van der Waals surface area contributed by atoms with E-state index in [1.54, 1.807) is 0 Å². The van der Waals surface area contributed by atoms with Crippen molar-refractivity contribution < 1.29 is 19.1 Å². The van der Waals surface area contributed by atoms with Crippen LogP contribution in [-0.4, -0.2) is 47.9 Å². The summed E-state index contributed by atoms with van der Waals surface area (Å²) in [5, 5.41) is 0. The molecule has 0 spiro atoms. The monoisotopic (exact) mass is 592 g/mol. The lowest BCUT2D eigenvalue weighted by atomic mass is 10.1. The molecule has 0 saturated carbocycles. The summed E-state index contributed by atoms with van der Waals surface area (Å²) in [6.07, 6.45) is 3.99. The van der Waals surface area contributed by atoms with Gasteiger partial charge in [-0.15, -0.1) is 0 Å². The van der Waals surface area contributed by atoms with E-state index in [-0.39, 0.29) is 11.8 Å². The number of benzene rings is 4. The highest BCUT2D eigenvalue weighted by Crippen LogP contribution is 2.20. The molecular weight excluding hydrogens is 548 g/mol. The molecule has 4 aromatic rings. The summed E-state index contributed by atoms with van der Waals surface area (Å²) in [4.78, 5) is 31.6. The first-order chi connectivity index (χ1) is 21.6. The molecule has 0 saturated heterocycles. The normalized spacial score (nSPS) is 10.7. The maximum absolute atomic E-state index is 14.0. The van der Waals surface area contributed by atoms with Crippen LogP contribution in [-0.2, 0) is 13.1 Å². The zero-order valence-corrected chi connectivity index (χ0v) is 26.0. The second kappa shape index (κ2) is 17.5. The van der Waals surface area contributed by atoms with Gasteiger partial charge in [-0.2, -0.15) is 0 Å². The van der Waals surface area contributed by atoms with Gasteiger partial charge in [0.1, 0.15) is 11.5 Å². The first-order valence-corrected chi connectivity index (χ1v) is 15.7. The largest absolute Gasteiger partial charge is 0.494 e. The van der Waals surface area contributed by atoms with Crippen molar-refractivity contribution in [2.75, 3.05) is 26.3 Å². The van der Waals surface area contributed by atoms with Crippen molar-refractivity contribution in [2.24, 2.45) is 0 Å². The molecule has 0 heterocycles. The smallest absolute Gasteiger partial charge is 0.254 e. The third-order valence-corrected chi connectivity index (χ3v) is 7.34. The number of unbranched alkanes of at least 4 members (excludes halogenated alkanes) is 2. The van der Waals surface area contributed by atoms with Crippen LogP contribution >= 0.6 is 0 Å². The van der Waals surface area contributed by atoms with E-state index in [1.165, 1.54) is 0 Å². The molecule has 0 aliphatic heterocycles. The van der Waals surface area contributed by atoms with Gasteiger partial charge in [-0.3, -0.25) is 9.59 Å². The number of rotatable bonds is 17. The summed E-state index contributed by atoms with van der Waals surface area (Å²) in [5.41, 5.74) is 3.17. The first-order valence-electron chi connectivity index (χ1n) is 15.7. The lowest BCUT2D eigenvalue weighted by Gasteiger charge is -2.29. The van der Waals surface area contributed by atoms with E-state index in [9.17, 15) is 9.59 Å². The maximum Gasteiger partial charge on any atom is 0.254 e. The minimum atomic E-state index is -0.103. The molecule has 0 unspecified atom stereocenters. The molecule has 2 amide bonds. The van der Waals surface area contributed by atoms with Crippen LogP contribution in [0.25, 0.3) is 0 Å². The summed E-state index contributed by atoms with van der Waals surface area (Å²) in [6.45, 7) is 7.04. The van der Waals surface area contributed by atoms with Gasteiger partial charge in [-0.25, -0.2) is 0 Å². The fourth-order valence-electron chi connectivity index (χ4n) is 4.83. The van der Waals surface area contributed by atoms with Crippen LogP contribution in [0.2, 0.25) is 0 Å². The van der Waals surface area contributed by atoms with E-state index < -0.39 is 0 Å². The molecular formula is C38H44N2O4.